The third-order valence-corrected chi connectivity index (χ3v) is 2.99. The molecule has 0 aliphatic rings. The van der Waals surface area contributed by atoms with E-state index < -0.39 is 5.97 Å². The van der Waals surface area contributed by atoms with Gasteiger partial charge in [0.15, 0.2) is 11.6 Å². The molecule has 7 heteroatoms. The van der Waals surface area contributed by atoms with Crippen LogP contribution in [0.25, 0.3) is 23.0 Å². The Kier molecular flexibility index (Phi) is 4.28. The number of aromatic nitrogens is 4. The predicted molar refractivity (Wildman–Crippen MR) is 82.8 cm³/mol. The second kappa shape index (κ2) is 6.69. The molecule has 0 radical (unpaired) electrons. The van der Waals surface area contributed by atoms with Crippen LogP contribution in [-0.4, -0.2) is 32.7 Å². The van der Waals surface area contributed by atoms with Crippen LogP contribution in [0.5, 0.6) is 0 Å². The number of nitrogens with zero attached hydrogens (tertiary/aromatic N) is 3. The number of aromatic amines is 1. The molecule has 0 unspecified atom stereocenters. The van der Waals surface area contributed by atoms with E-state index >= 15 is 0 Å². The number of furan rings is 1. The fourth-order valence-corrected chi connectivity index (χ4v) is 1.95. The minimum absolute atomic E-state index is 0.240. The Morgan fingerprint density at radius 1 is 1.39 bits per heavy atom. The third-order valence-electron chi connectivity index (χ3n) is 2.99. The van der Waals surface area contributed by atoms with Gasteiger partial charge in [-0.25, -0.2) is 9.78 Å². The van der Waals surface area contributed by atoms with Gasteiger partial charge in [0.1, 0.15) is 11.3 Å². The number of nitrogens with one attached hydrogen (secondary N) is 1. The first-order valence-electron chi connectivity index (χ1n) is 7.03. The molecule has 0 atom stereocenters. The summed E-state index contributed by atoms with van der Waals surface area (Å²) in [5.41, 5.74) is 0.987. The zero-order valence-corrected chi connectivity index (χ0v) is 12.4. The van der Waals surface area contributed by atoms with Crippen LogP contribution in [0, 0.1) is 0 Å². The number of esters is 1. The van der Waals surface area contributed by atoms with Crippen molar-refractivity contribution in [3.8, 4) is 11.4 Å². The van der Waals surface area contributed by atoms with Crippen molar-refractivity contribution in [2.75, 3.05) is 6.61 Å². The number of ether oxygens (including phenoxy) is 1. The van der Waals surface area contributed by atoms with Gasteiger partial charge in [0.05, 0.1) is 12.9 Å². The summed E-state index contributed by atoms with van der Waals surface area (Å²) in [6.07, 6.45) is 6.40. The van der Waals surface area contributed by atoms with Crippen molar-refractivity contribution >= 4 is 17.6 Å². The van der Waals surface area contributed by atoms with E-state index in [1.165, 1.54) is 6.26 Å². The van der Waals surface area contributed by atoms with Gasteiger partial charge in [0.2, 0.25) is 0 Å². The molecule has 0 fully saturated rings. The molecule has 0 saturated heterocycles. The first-order valence-corrected chi connectivity index (χ1v) is 7.03. The van der Waals surface area contributed by atoms with Crippen LogP contribution in [0.4, 0.5) is 0 Å². The van der Waals surface area contributed by atoms with Gasteiger partial charge in [0, 0.05) is 18.0 Å². The Balaban J connectivity index is 1.97. The van der Waals surface area contributed by atoms with E-state index in [4.69, 9.17) is 9.15 Å². The molecule has 0 aliphatic carbocycles. The standard InChI is InChI=1S/C16H14N4O3/c1-2-22-16(21)13(9-12-6-4-8-23-12)15-18-14(19-20-15)11-5-3-7-17-10-11/h3-10H,2H2,1H3,(H,18,19,20)/b13-9+. The highest BCUT2D eigenvalue weighted by molar-refractivity contribution is 6.20. The van der Waals surface area contributed by atoms with E-state index in [2.05, 4.69) is 20.2 Å². The van der Waals surface area contributed by atoms with Gasteiger partial charge in [-0.3, -0.25) is 10.1 Å². The molecular formula is C16H14N4O3. The highest BCUT2D eigenvalue weighted by atomic mass is 16.5. The number of pyridine rings is 1. The van der Waals surface area contributed by atoms with Gasteiger partial charge in [-0.2, -0.15) is 5.10 Å². The zero-order valence-electron chi connectivity index (χ0n) is 12.4. The average molecular weight is 310 g/mol. The molecular weight excluding hydrogens is 296 g/mol. The average Bonchev–Trinajstić information content (AvgIpc) is 3.25. The van der Waals surface area contributed by atoms with Crippen molar-refractivity contribution in [1.29, 1.82) is 0 Å². The number of carbonyl (C=O) groups is 1. The Morgan fingerprint density at radius 2 is 2.30 bits per heavy atom. The van der Waals surface area contributed by atoms with Gasteiger partial charge in [-0.1, -0.05) is 0 Å². The molecule has 23 heavy (non-hydrogen) atoms. The predicted octanol–water partition coefficient (Wildman–Crippen LogP) is 2.56. The molecule has 3 aromatic heterocycles. The number of rotatable bonds is 5. The van der Waals surface area contributed by atoms with Crippen molar-refractivity contribution in [2.45, 2.75) is 6.92 Å². The van der Waals surface area contributed by atoms with Crippen LogP contribution in [0.2, 0.25) is 0 Å². The minimum atomic E-state index is -0.502. The SMILES string of the molecule is CCOC(=O)/C(=C/c1ccco1)c1nc(-c2cccnc2)n[nH]1. The van der Waals surface area contributed by atoms with Gasteiger partial charge < -0.3 is 9.15 Å². The van der Waals surface area contributed by atoms with Crippen LogP contribution in [-0.2, 0) is 9.53 Å². The maximum absolute atomic E-state index is 12.2. The van der Waals surface area contributed by atoms with Crippen molar-refractivity contribution < 1.29 is 13.9 Å². The van der Waals surface area contributed by atoms with Crippen molar-refractivity contribution in [1.82, 2.24) is 20.2 Å². The molecule has 1 N–H and O–H groups in total. The smallest absolute Gasteiger partial charge is 0.342 e. The highest BCUT2D eigenvalue weighted by Gasteiger charge is 2.19. The summed E-state index contributed by atoms with van der Waals surface area (Å²) in [7, 11) is 0. The molecule has 116 valence electrons. The number of hydrogen-bond donors (Lipinski definition) is 1. The minimum Gasteiger partial charge on any atom is -0.465 e. The normalized spacial score (nSPS) is 11.4. The van der Waals surface area contributed by atoms with Crippen LogP contribution in [0.3, 0.4) is 0 Å². The second-order valence-electron chi connectivity index (χ2n) is 4.54. The fourth-order valence-electron chi connectivity index (χ4n) is 1.95. The molecule has 0 aliphatic heterocycles. The summed E-state index contributed by atoms with van der Waals surface area (Å²) >= 11 is 0. The number of carbonyl (C=O) groups excluding carboxylic acids is 1. The van der Waals surface area contributed by atoms with Crippen LogP contribution < -0.4 is 0 Å². The second-order valence-corrected chi connectivity index (χ2v) is 4.54. The summed E-state index contributed by atoms with van der Waals surface area (Å²) in [6.45, 7) is 2.00. The topological polar surface area (TPSA) is 93.9 Å². The molecule has 3 rings (SSSR count). The van der Waals surface area contributed by atoms with Gasteiger partial charge in [0.25, 0.3) is 0 Å². The van der Waals surface area contributed by atoms with Crippen LogP contribution >= 0.6 is 0 Å². The summed E-state index contributed by atoms with van der Waals surface area (Å²) < 4.78 is 10.3. The van der Waals surface area contributed by atoms with Gasteiger partial charge >= 0.3 is 5.97 Å². The molecule has 0 bridgehead atoms. The van der Waals surface area contributed by atoms with Gasteiger partial charge in [-0.15, -0.1) is 0 Å². The zero-order chi connectivity index (χ0) is 16.1. The van der Waals surface area contributed by atoms with Crippen LogP contribution in [0.1, 0.15) is 18.5 Å². The summed E-state index contributed by atoms with van der Waals surface area (Å²) in [6, 6.07) is 7.09. The summed E-state index contributed by atoms with van der Waals surface area (Å²) in [5.74, 6) is 0.770. The Bertz CT molecular complexity index is 807. The molecule has 3 heterocycles. The van der Waals surface area contributed by atoms with Crippen molar-refractivity contribution in [2.24, 2.45) is 0 Å². The lowest BCUT2D eigenvalue weighted by Gasteiger charge is -2.03. The lowest BCUT2D eigenvalue weighted by molar-refractivity contribution is -0.136. The Morgan fingerprint density at radius 3 is 3.00 bits per heavy atom. The van der Waals surface area contributed by atoms with Crippen molar-refractivity contribution in [3.05, 3.63) is 54.5 Å². The first-order chi connectivity index (χ1) is 11.3. The Labute approximate surface area is 132 Å². The summed E-state index contributed by atoms with van der Waals surface area (Å²) in [4.78, 5) is 20.6. The molecule has 0 amide bonds. The maximum Gasteiger partial charge on any atom is 0.342 e. The van der Waals surface area contributed by atoms with E-state index in [-0.39, 0.29) is 12.2 Å². The quantitative estimate of drug-likeness (QED) is 0.575. The van der Waals surface area contributed by atoms with Crippen molar-refractivity contribution in [3.63, 3.8) is 0 Å². The van der Waals surface area contributed by atoms with E-state index in [1.807, 2.05) is 6.07 Å². The maximum atomic E-state index is 12.2. The lowest BCUT2D eigenvalue weighted by atomic mass is 10.2. The largest absolute Gasteiger partial charge is 0.465 e. The first kappa shape index (κ1) is 14.7. The molecule has 7 nitrogen and oxygen atoms in total. The molecule has 0 spiro atoms. The lowest BCUT2D eigenvalue weighted by Crippen LogP contribution is -2.08. The van der Waals surface area contributed by atoms with E-state index in [0.29, 0.717) is 17.4 Å². The summed E-state index contributed by atoms with van der Waals surface area (Å²) in [5, 5.41) is 6.88. The molecule has 3 aromatic rings. The fraction of sp³-hybridized carbons (Fsp3) is 0.125. The monoisotopic (exact) mass is 310 g/mol. The number of hydrogen-bond acceptors (Lipinski definition) is 6. The van der Waals surface area contributed by atoms with E-state index in [0.717, 1.165) is 5.56 Å². The van der Waals surface area contributed by atoms with Gasteiger partial charge in [-0.05, 0) is 37.3 Å². The Hall–Kier alpha value is -3.22. The van der Waals surface area contributed by atoms with Crippen LogP contribution in [0.15, 0.2) is 47.3 Å². The molecule has 0 aromatic carbocycles. The highest BCUT2D eigenvalue weighted by Crippen LogP contribution is 2.20. The third kappa shape index (κ3) is 3.34. The van der Waals surface area contributed by atoms with E-state index in [1.54, 1.807) is 43.6 Å². The van der Waals surface area contributed by atoms with E-state index in [9.17, 15) is 4.79 Å². The number of H-pyrrole nitrogens is 1. The molecule has 0 saturated carbocycles.